The standard InChI is InChI=1S/C54H33N9S3/c1-3-12-34(13-4-1)61-43-19-9-7-16-38(43)40-30-32(22-26-45(40)61)36-24-28-48(53-50(36)56-65-59-53)63(47-21-11-18-42-52(47)58-64-55-42)49-29-25-37(51-54(49)60-66-57-51)33-23-27-46-41(31-33)39-17-8-10-20-44(39)62(46)35-14-5-2-6-15-35/h1-31,38,43H. The van der Waals surface area contributed by atoms with E-state index < -0.39 is 0 Å². The summed E-state index contributed by atoms with van der Waals surface area (Å²) in [5.41, 5.74) is 18.9. The Labute approximate surface area is 390 Å². The third-order valence-electron chi connectivity index (χ3n) is 13.2. The molecule has 0 amide bonds. The van der Waals surface area contributed by atoms with Gasteiger partial charge < -0.3 is 14.4 Å². The van der Waals surface area contributed by atoms with Crippen LogP contribution in [0.3, 0.4) is 0 Å². The zero-order chi connectivity index (χ0) is 43.3. The Morgan fingerprint density at radius 3 is 1.82 bits per heavy atom. The molecule has 12 heteroatoms. The lowest BCUT2D eigenvalue weighted by atomic mass is 9.89. The van der Waals surface area contributed by atoms with Crippen molar-refractivity contribution >= 4 is 119 Å². The molecule has 0 spiro atoms. The van der Waals surface area contributed by atoms with Crippen molar-refractivity contribution in [2.24, 2.45) is 0 Å². The highest BCUT2D eigenvalue weighted by Crippen LogP contribution is 2.51. The monoisotopic (exact) mass is 903 g/mol. The Morgan fingerprint density at radius 1 is 0.439 bits per heavy atom. The van der Waals surface area contributed by atoms with Crippen molar-refractivity contribution in [1.29, 1.82) is 0 Å². The number of allylic oxidation sites excluding steroid dienone is 2. The SMILES string of the molecule is C1=CC2c3cc(-c4ccc(N(c5cccc6nsnc56)c5ccc(-c6ccc7c(c6)c6ccccc6n7-c6ccccc6)c6nsnc56)c5nsnc45)ccc3N(c3ccccc3)C2C=C1. The molecule has 0 saturated carbocycles. The summed E-state index contributed by atoms with van der Waals surface area (Å²) in [6.07, 6.45) is 8.97. The van der Waals surface area contributed by atoms with Crippen molar-refractivity contribution < 1.29 is 0 Å². The van der Waals surface area contributed by atoms with Gasteiger partial charge in [0.05, 0.1) is 69.3 Å². The van der Waals surface area contributed by atoms with Gasteiger partial charge in [-0.15, -0.1) is 0 Å². The molecule has 12 aromatic rings. The van der Waals surface area contributed by atoms with E-state index >= 15 is 0 Å². The molecule has 1 aliphatic heterocycles. The van der Waals surface area contributed by atoms with Crippen LogP contribution < -0.4 is 9.80 Å². The summed E-state index contributed by atoms with van der Waals surface area (Å²) < 4.78 is 31.9. The van der Waals surface area contributed by atoms with Gasteiger partial charge in [-0.1, -0.05) is 97.1 Å². The Kier molecular flexibility index (Phi) is 8.42. The number of hydrogen-bond acceptors (Lipinski definition) is 11. The van der Waals surface area contributed by atoms with Crippen LogP contribution in [0.25, 0.3) is 82.8 Å². The van der Waals surface area contributed by atoms with Crippen LogP contribution in [0.2, 0.25) is 0 Å². The summed E-state index contributed by atoms with van der Waals surface area (Å²) in [5.74, 6) is 0.227. The molecule has 4 aromatic heterocycles. The van der Waals surface area contributed by atoms with E-state index in [9.17, 15) is 0 Å². The molecule has 9 nitrogen and oxygen atoms in total. The van der Waals surface area contributed by atoms with Gasteiger partial charge in [0.2, 0.25) is 0 Å². The molecule has 0 fully saturated rings. The molecule has 14 rings (SSSR count). The lowest BCUT2D eigenvalue weighted by molar-refractivity contribution is 0.745. The molecule has 0 N–H and O–H groups in total. The molecule has 312 valence electrons. The first-order chi connectivity index (χ1) is 32.8. The van der Waals surface area contributed by atoms with Gasteiger partial charge >= 0.3 is 0 Å². The smallest absolute Gasteiger partial charge is 0.129 e. The van der Waals surface area contributed by atoms with Gasteiger partial charge in [-0.25, -0.2) is 0 Å². The zero-order valence-electron chi connectivity index (χ0n) is 34.8. The molecule has 8 aromatic carbocycles. The highest BCUT2D eigenvalue weighted by atomic mass is 32.1. The number of benzene rings is 8. The van der Waals surface area contributed by atoms with E-state index in [1.165, 1.54) is 68.4 Å². The van der Waals surface area contributed by atoms with Gasteiger partial charge in [-0.05, 0) is 108 Å². The average molecular weight is 904 g/mol. The van der Waals surface area contributed by atoms with Crippen LogP contribution in [-0.4, -0.2) is 36.9 Å². The predicted molar refractivity (Wildman–Crippen MR) is 273 cm³/mol. The largest absolute Gasteiger partial charge is 0.333 e. The number of rotatable bonds is 7. The summed E-state index contributed by atoms with van der Waals surface area (Å²) in [6.45, 7) is 0. The lowest BCUT2D eigenvalue weighted by Crippen LogP contribution is -2.28. The molecule has 0 saturated heterocycles. The molecule has 2 aliphatic rings. The minimum absolute atomic E-state index is 0.204. The van der Waals surface area contributed by atoms with Crippen LogP contribution >= 0.6 is 35.2 Å². The first-order valence-electron chi connectivity index (χ1n) is 21.7. The number of anilines is 5. The van der Waals surface area contributed by atoms with E-state index in [0.717, 1.165) is 83.6 Å². The molecule has 66 heavy (non-hydrogen) atoms. The second-order valence-corrected chi connectivity index (χ2v) is 18.2. The number of fused-ring (bicyclic) bond motifs is 9. The van der Waals surface area contributed by atoms with Crippen LogP contribution in [0.1, 0.15) is 11.5 Å². The number of hydrogen-bond donors (Lipinski definition) is 0. The third-order valence-corrected chi connectivity index (χ3v) is 14.8. The summed E-state index contributed by atoms with van der Waals surface area (Å²) in [5, 5.41) is 2.38. The minimum atomic E-state index is 0.204. The van der Waals surface area contributed by atoms with Gasteiger partial charge in [-0.2, -0.15) is 26.2 Å². The van der Waals surface area contributed by atoms with Crippen molar-refractivity contribution in [2.45, 2.75) is 12.0 Å². The van der Waals surface area contributed by atoms with Gasteiger partial charge in [0.25, 0.3) is 0 Å². The van der Waals surface area contributed by atoms with Gasteiger partial charge in [-0.3, -0.25) is 0 Å². The molecule has 0 radical (unpaired) electrons. The molecular weight excluding hydrogens is 871 g/mol. The van der Waals surface area contributed by atoms with Crippen LogP contribution in [0.4, 0.5) is 28.4 Å². The Bertz CT molecular complexity index is 3940. The molecule has 5 heterocycles. The van der Waals surface area contributed by atoms with E-state index in [2.05, 4.69) is 195 Å². The van der Waals surface area contributed by atoms with E-state index in [1.807, 2.05) is 12.1 Å². The highest BCUT2D eigenvalue weighted by Gasteiger charge is 2.38. The van der Waals surface area contributed by atoms with Crippen molar-refractivity contribution in [3.8, 4) is 27.9 Å². The third kappa shape index (κ3) is 5.62. The Morgan fingerprint density at radius 2 is 1.05 bits per heavy atom. The lowest BCUT2D eigenvalue weighted by Gasteiger charge is -2.28. The predicted octanol–water partition coefficient (Wildman–Crippen LogP) is 14.3. The maximum Gasteiger partial charge on any atom is 0.129 e. The van der Waals surface area contributed by atoms with Crippen LogP contribution in [0.15, 0.2) is 188 Å². The topological polar surface area (TPSA) is 88.8 Å². The fraction of sp³-hybridized carbons (Fsp3) is 0.0370. The van der Waals surface area contributed by atoms with Crippen LogP contribution in [-0.2, 0) is 0 Å². The molecule has 2 atom stereocenters. The van der Waals surface area contributed by atoms with E-state index in [4.69, 9.17) is 21.9 Å². The van der Waals surface area contributed by atoms with Crippen molar-refractivity contribution in [1.82, 2.24) is 30.8 Å². The number of para-hydroxylation sites is 3. The van der Waals surface area contributed by atoms with Crippen molar-refractivity contribution in [2.75, 3.05) is 9.80 Å². The van der Waals surface area contributed by atoms with Gasteiger partial charge in [0.15, 0.2) is 0 Å². The minimum Gasteiger partial charge on any atom is -0.333 e. The normalized spacial score (nSPS) is 15.4. The molecule has 0 bridgehead atoms. The van der Waals surface area contributed by atoms with Gasteiger partial charge in [0, 0.05) is 44.9 Å². The molecule has 2 unspecified atom stereocenters. The Balaban J connectivity index is 0.919. The van der Waals surface area contributed by atoms with E-state index in [1.54, 1.807) is 0 Å². The molecular formula is C54H33N9S3. The molecule has 1 aliphatic carbocycles. The maximum absolute atomic E-state index is 5.04. The number of nitrogens with zero attached hydrogens (tertiary/aromatic N) is 9. The second-order valence-electron chi connectivity index (χ2n) is 16.6. The highest BCUT2D eigenvalue weighted by molar-refractivity contribution is 7.00. The number of aromatic nitrogens is 7. The summed E-state index contributed by atoms with van der Waals surface area (Å²) >= 11 is 3.66. The second kappa shape index (κ2) is 14.8. The average Bonchev–Trinajstić information content (AvgIpc) is 4.24. The first kappa shape index (κ1) is 37.5. The zero-order valence-corrected chi connectivity index (χ0v) is 37.3. The summed E-state index contributed by atoms with van der Waals surface area (Å²) in [6, 6.07) is 58.5. The van der Waals surface area contributed by atoms with Gasteiger partial charge in [0.1, 0.15) is 33.1 Å². The van der Waals surface area contributed by atoms with Crippen molar-refractivity contribution in [3.63, 3.8) is 0 Å². The van der Waals surface area contributed by atoms with Crippen LogP contribution in [0, 0.1) is 0 Å². The van der Waals surface area contributed by atoms with Crippen molar-refractivity contribution in [3.05, 3.63) is 194 Å². The maximum atomic E-state index is 5.04. The quantitative estimate of drug-likeness (QED) is 0.156. The fourth-order valence-corrected chi connectivity index (χ4v) is 12.0. The summed E-state index contributed by atoms with van der Waals surface area (Å²) in [4.78, 5) is 4.69. The fourth-order valence-electron chi connectivity index (χ4n) is 10.3. The van der Waals surface area contributed by atoms with E-state index in [0.29, 0.717) is 0 Å². The summed E-state index contributed by atoms with van der Waals surface area (Å²) in [7, 11) is 0. The first-order valence-corrected chi connectivity index (χ1v) is 23.9. The van der Waals surface area contributed by atoms with E-state index in [-0.39, 0.29) is 12.0 Å². The Hall–Kier alpha value is -7.90. The van der Waals surface area contributed by atoms with Crippen LogP contribution in [0.5, 0.6) is 0 Å².